The third-order valence-corrected chi connectivity index (χ3v) is 2.87. The highest BCUT2D eigenvalue weighted by molar-refractivity contribution is 6.32. The Morgan fingerprint density at radius 2 is 1.62 bits per heavy atom. The van der Waals surface area contributed by atoms with Gasteiger partial charge in [-0.3, -0.25) is 0 Å². The van der Waals surface area contributed by atoms with E-state index in [0.29, 0.717) is 5.02 Å². The van der Waals surface area contributed by atoms with Crippen LogP contribution in [0.5, 0.6) is 5.75 Å². The molecule has 1 aromatic heterocycles. The van der Waals surface area contributed by atoms with Gasteiger partial charge in [0.2, 0.25) is 0 Å². The van der Waals surface area contributed by atoms with Gasteiger partial charge in [0, 0.05) is 17.7 Å². The largest absolute Gasteiger partial charge is 0.506 e. The third-order valence-electron chi connectivity index (χ3n) is 2.55. The molecule has 0 aliphatic rings. The second-order valence-corrected chi connectivity index (χ2v) is 5.44. The maximum atomic E-state index is 9.56. The van der Waals surface area contributed by atoms with Crippen molar-refractivity contribution < 1.29 is 5.11 Å². The van der Waals surface area contributed by atoms with Crippen molar-refractivity contribution >= 4 is 11.6 Å². The van der Waals surface area contributed by atoms with Gasteiger partial charge in [0.15, 0.2) is 0 Å². The minimum atomic E-state index is 0.0136. The Morgan fingerprint density at radius 1 is 1.05 bits per heavy atom. The van der Waals surface area contributed by atoms with Crippen LogP contribution in [-0.4, -0.2) is 14.9 Å². The normalized spacial score (nSPS) is 10.1. The molecule has 2 rings (SSSR count). The Balaban J connectivity index is 0.000000921. The molecule has 0 aliphatic carbocycles. The van der Waals surface area contributed by atoms with Gasteiger partial charge in [-0.1, -0.05) is 60.1 Å². The lowest BCUT2D eigenvalue weighted by Crippen LogP contribution is -2.12. The summed E-state index contributed by atoms with van der Waals surface area (Å²) in [6.45, 7) is 14.3. The van der Waals surface area contributed by atoms with E-state index in [2.05, 4.69) is 25.9 Å². The maximum absolute atomic E-state index is 9.56. The molecule has 1 heterocycles. The van der Waals surface area contributed by atoms with E-state index in [-0.39, 0.29) is 11.2 Å². The lowest BCUT2D eigenvalue weighted by atomic mass is 9.93. The summed E-state index contributed by atoms with van der Waals surface area (Å²) in [4.78, 5) is 0. The number of rotatable bonds is 1. The molecule has 0 fully saturated rings. The molecule has 0 atom stereocenters. The molecule has 0 radical (unpaired) electrons. The number of phenols is 1. The standard InChI is InChI=1S/C13H15ClN2O.2C2H6/c1-13(2,3)12-6-7-16(15-12)9-4-5-10(14)11(17)8-9;2*1-2/h4-8,17H,1-3H3;2*1-2H3. The first kappa shape index (κ1) is 19.5. The average molecular weight is 311 g/mol. The molecule has 0 bridgehead atoms. The molecule has 1 N–H and O–H groups in total. The summed E-state index contributed by atoms with van der Waals surface area (Å²) in [5, 5.41) is 14.4. The predicted octanol–water partition coefficient (Wildman–Crippen LogP) is 5.58. The minimum absolute atomic E-state index is 0.0136. The van der Waals surface area contributed by atoms with Crippen LogP contribution in [0.3, 0.4) is 0 Å². The molecule has 21 heavy (non-hydrogen) atoms. The number of phenolic OH excluding ortho intramolecular Hbond substituents is 1. The first-order chi connectivity index (χ1) is 9.88. The SMILES string of the molecule is CC.CC.CC(C)(C)c1ccn(-c2ccc(Cl)c(O)c2)n1. The van der Waals surface area contributed by atoms with Crippen molar-refractivity contribution in [3.05, 3.63) is 41.2 Å². The molecule has 0 unspecified atom stereocenters. The Labute approximate surface area is 133 Å². The summed E-state index contributed by atoms with van der Waals surface area (Å²) in [5.41, 5.74) is 1.81. The van der Waals surface area contributed by atoms with Gasteiger partial charge in [0.25, 0.3) is 0 Å². The van der Waals surface area contributed by atoms with Gasteiger partial charge in [-0.05, 0) is 18.2 Å². The number of benzene rings is 1. The van der Waals surface area contributed by atoms with E-state index in [9.17, 15) is 5.11 Å². The Bertz CT molecular complexity index is 542. The lowest BCUT2D eigenvalue weighted by molar-refractivity contribution is 0.475. The van der Waals surface area contributed by atoms with Crippen molar-refractivity contribution in [2.24, 2.45) is 0 Å². The van der Waals surface area contributed by atoms with Gasteiger partial charge in [-0.15, -0.1) is 0 Å². The van der Waals surface area contributed by atoms with Crippen LogP contribution in [0.15, 0.2) is 30.5 Å². The number of hydrogen-bond donors (Lipinski definition) is 1. The van der Waals surface area contributed by atoms with Crippen LogP contribution in [0, 0.1) is 0 Å². The van der Waals surface area contributed by atoms with Crippen LogP contribution in [-0.2, 0) is 5.41 Å². The lowest BCUT2D eigenvalue weighted by Gasteiger charge is -2.14. The van der Waals surface area contributed by atoms with Gasteiger partial charge in [0.05, 0.1) is 16.4 Å². The average Bonchev–Trinajstić information content (AvgIpc) is 2.96. The highest BCUT2D eigenvalue weighted by Gasteiger charge is 2.17. The topological polar surface area (TPSA) is 38.0 Å². The zero-order valence-electron chi connectivity index (χ0n) is 14.1. The quantitative estimate of drug-likeness (QED) is 0.746. The first-order valence-corrected chi connectivity index (χ1v) is 7.81. The zero-order chi connectivity index (χ0) is 16.6. The second-order valence-electron chi connectivity index (χ2n) is 5.03. The summed E-state index contributed by atoms with van der Waals surface area (Å²) in [5.74, 6) is 0.0666. The smallest absolute Gasteiger partial charge is 0.136 e. The van der Waals surface area contributed by atoms with Crippen LogP contribution < -0.4 is 0 Å². The van der Waals surface area contributed by atoms with Crippen LogP contribution in [0.1, 0.15) is 54.2 Å². The van der Waals surface area contributed by atoms with Crippen molar-refractivity contribution in [2.45, 2.75) is 53.9 Å². The molecule has 0 saturated heterocycles. The van der Waals surface area contributed by atoms with E-state index in [4.69, 9.17) is 11.6 Å². The molecular weight excluding hydrogens is 284 g/mol. The Morgan fingerprint density at radius 3 is 2.05 bits per heavy atom. The van der Waals surface area contributed by atoms with Crippen molar-refractivity contribution in [3.63, 3.8) is 0 Å². The van der Waals surface area contributed by atoms with Gasteiger partial charge in [-0.2, -0.15) is 5.10 Å². The van der Waals surface area contributed by atoms with Gasteiger partial charge in [0.1, 0.15) is 5.75 Å². The van der Waals surface area contributed by atoms with Gasteiger partial charge >= 0.3 is 0 Å². The van der Waals surface area contributed by atoms with Gasteiger partial charge < -0.3 is 5.11 Å². The minimum Gasteiger partial charge on any atom is -0.506 e. The fraction of sp³-hybridized carbons (Fsp3) is 0.471. The van der Waals surface area contributed by atoms with E-state index in [1.165, 1.54) is 0 Å². The summed E-state index contributed by atoms with van der Waals surface area (Å²) >= 11 is 5.77. The molecule has 3 nitrogen and oxygen atoms in total. The predicted molar refractivity (Wildman–Crippen MR) is 91.6 cm³/mol. The first-order valence-electron chi connectivity index (χ1n) is 7.43. The Hall–Kier alpha value is -1.48. The van der Waals surface area contributed by atoms with Crippen molar-refractivity contribution in [2.75, 3.05) is 0 Å². The van der Waals surface area contributed by atoms with Crippen LogP contribution in [0.25, 0.3) is 5.69 Å². The fourth-order valence-corrected chi connectivity index (χ4v) is 1.63. The molecule has 4 heteroatoms. The number of aromatic nitrogens is 2. The van der Waals surface area contributed by atoms with E-state index in [1.54, 1.807) is 16.8 Å². The van der Waals surface area contributed by atoms with Crippen LogP contribution >= 0.6 is 11.6 Å². The van der Waals surface area contributed by atoms with Crippen molar-refractivity contribution in [3.8, 4) is 11.4 Å². The second kappa shape index (κ2) is 8.73. The number of aromatic hydroxyl groups is 1. The zero-order valence-corrected chi connectivity index (χ0v) is 14.9. The molecule has 118 valence electrons. The molecule has 0 spiro atoms. The van der Waals surface area contributed by atoms with Crippen LogP contribution in [0.2, 0.25) is 5.02 Å². The highest BCUT2D eigenvalue weighted by atomic mass is 35.5. The highest BCUT2D eigenvalue weighted by Crippen LogP contribution is 2.26. The summed E-state index contributed by atoms with van der Waals surface area (Å²) < 4.78 is 1.73. The van der Waals surface area contributed by atoms with E-state index in [0.717, 1.165) is 11.4 Å². The molecule has 2 aromatic rings. The molecule has 1 aromatic carbocycles. The number of halogens is 1. The molecule has 0 aliphatic heterocycles. The van der Waals surface area contributed by atoms with Crippen molar-refractivity contribution in [1.29, 1.82) is 0 Å². The maximum Gasteiger partial charge on any atom is 0.136 e. The van der Waals surface area contributed by atoms with E-state index >= 15 is 0 Å². The number of nitrogens with zero attached hydrogens (tertiary/aromatic N) is 2. The summed E-state index contributed by atoms with van der Waals surface area (Å²) in [7, 11) is 0. The van der Waals surface area contributed by atoms with E-state index in [1.807, 2.05) is 46.0 Å². The summed E-state index contributed by atoms with van der Waals surface area (Å²) in [6.07, 6.45) is 1.88. The fourth-order valence-electron chi connectivity index (χ4n) is 1.51. The van der Waals surface area contributed by atoms with Crippen LogP contribution in [0.4, 0.5) is 0 Å². The van der Waals surface area contributed by atoms with Crippen molar-refractivity contribution in [1.82, 2.24) is 9.78 Å². The van der Waals surface area contributed by atoms with E-state index < -0.39 is 0 Å². The van der Waals surface area contributed by atoms with Gasteiger partial charge in [-0.25, -0.2) is 4.68 Å². The third kappa shape index (κ3) is 5.43. The summed E-state index contributed by atoms with van der Waals surface area (Å²) in [6, 6.07) is 7.06. The Kier molecular flexibility index (Phi) is 8.11. The molecule has 0 amide bonds. The monoisotopic (exact) mass is 310 g/mol. The molecular formula is C17H27ClN2O. The molecule has 0 saturated carbocycles. The number of hydrogen-bond acceptors (Lipinski definition) is 2.